The van der Waals surface area contributed by atoms with Crippen molar-refractivity contribution in [1.29, 1.82) is 0 Å². The molecule has 0 aromatic heterocycles. The normalized spacial score (nSPS) is 13.9. The minimum Gasteiger partial charge on any atom is -0.481 e. The molecule has 1 amide bonds. The lowest BCUT2D eigenvalue weighted by Gasteiger charge is -2.19. The van der Waals surface area contributed by atoms with Crippen molar-refractivity contribution in [3.05, 3.63) is 29.3 Å². The summed E-state index contributed by atoms with van der Waals surface area (Å²) in [6.45, 7) is 9.75. The van der Waals surface area contributed by atoms with Crippen molar-refractivity contribution in [1.82, 2.24) is 5.32 Å². The minimum atomic E-state index is -0.590. The van der Waals surface area contributed by atoms with Crippen LogP contribution in [0.5, 0.6) is 5.75 Å². The molecular weight excluding hydrogens is 254 g/mol. The first kappa shape index (κ1) is 16.5. The quantitative estimate of drug-likeness (QED) is 0.840. The van der Waals surface area contributed by atoms with Crippen molar-refractivity contribution in [2.45, 2.75) is 52.7 Å². The van der Waals surface area contributed by atoms with Gasteiger partial charge in [0.15, 0.2) is 6.10 Å². The first-order chi connectivity index (χ1) is 9.31. The van der Waals surface area contributed by atoms with E-state index in [1.54, 1.807) is 13.8 Å². The molecule has 20 heavy (non-hydrogen) atoms. The van der Waals surface area contributed by atoms with Crippen LogP contribution in [0.3, 0.4) is 0 Å². The number of ether oxygens (including phenoxy) is 1. The van der Waals surface area contributed by atoms with E-state index >= 15 is 0 Å². The molecule has 2 N–H and O–H groups in total. The average Bonchev–Trinajstić information content (AvgIpc) is 2.35. The Hall–Kier alpha value is -1.55. The monoisotopic (exact) mass is 279 g/mol. The van der Waals surface area contributed by atoms with Crippen molar-refractivity contribution in [2.75, 3.05) is 6.54 Å². The van der Waals surface area contributed by atoms with Gasteiger partial charge in [-0.2, -0.15) is 0 Å². The largest absolute Gasteiger partial charge is 0.481 e. The minimum absolute atomic E-state index is 0.220. The second kappa shape index (κ2) is 7.29. The van der Waals surface area contributed by atoms with Crippen molar-refractivity contribution in [3.63, 3.8) is 0 Å². The summed E-state index contributed by atoms with van der Waals surface area (Å²) in [6.07, 6.45) is -1.15. The lowest BCUT2D eigenvalue weighted by atomic mass is 10.0. The fourth-order valence-electron chi connectivity index (χ4n) is 1.86. The third kappa shape index (κ3) is 4.85. The number of hydrogen-bond donors (Lipinski definition) is 2. The van der Waals surface area contributed by atoms with Crippen molar-refractivity contribution in [2.24, 2.45) is 0 Å². The zero-order valence-electron chi connectivity index (χ0n) is 12.9. The molecule has 4 heteroatoms. The molecule has 0 saturated carbocycles. The number of aliphatic hydroxyl groups is 1. The molecule has 0 aliphatic carbocycles. The maximum absolute atomic E-state index is 11.9. The van der Waals surface area contributed by atoms with Gasteiger partial charge in [-0.3, -0.25) is 4.79 Å². The van der Waals surface area contributed by atoms with E-state index < -0.39 is 12.2 Å². The third-order valence-electron chi connectivity index (χ3n) is 3.04. The van der Waals surface area contributed by atoms with Gasteiger partial charge < -0.3 is 15.2 Å². The van der Waals surface area contributed by atoms with Crippen LogP contribution in [0.2, 0.25) is 0 Å². The number of carbonyl (C=O) groups excluding carboxylic acids is 1. The van der Waals surface area contributed by atoms with Crippen LogP contribution in [-0.2, 0) is 4.79 Å². The van der Waals surface area contributed by atoms with Gasteiger partial charge in [-0.05, 0) is 43.9 Å². The van der Waals surface area contributed by atoms with Crippen LogP contribution in [0.1, 0.15) is 44.7 Å². The number of aliphatic hydroxyl groups excluding tert-OH is 1. The Labute approximate surface area is 121 Å². The summed E-state index contributed by atoms with van der Waals surface area (Å²) >= 11 is 0. The number of rotatable bonds is 6. The number of carbonyl (C=O) groups is 1. The molecule has 0 aliphatic rings. The third-order valence-corrected chi connectivity index (χ3v) is 3.04. The van der Waals surface area contributed by atoms with Crippen LogP contribution in [0.25, 0.3) is 0 Å². The molecule has 0 bridgehead atoms. The maximum atomic E-state index is 11.9. The summed E-state index contributed by atoms with van der Waals surface area (Å²) in [6, 6.07) is 6.03. The smallest absolute Gasteiger partial charge is 0.260 e. The van der Waals surface area contributed by atoms with E-state index in [1.807, 2.05) is 25.1 Å². The molecule has 0 saturated heterocycles. The number of amides is 1. The van der Waals surface area contributed by atoms with E-state index in [0.717, 1.165) is 16.9 Å². The average molecular weight is 279 g/mol. The molecule has 0 aliphatic heterocycles. The molecule has 2 atom stereocenters. The Morgan fingerprint density at radius 3 is 2.50 bits per heavy atom. The number of hydrogen-bond acceptors (Lipinski definition) is 3. The molecule has 4 nitrogen and oxygen atoms in total. The van der Waals surface area contributed by atoms with Gasteiger partial charge in [-0.1, -0.05) is 26.0 Å². The first-order valence-electron chi connectivity index (χ1n) is 7.04. The van der Waals surface area contributed by atoms with Crippen LogP contribution >= 0.6 is 0 Å². The summed E-state index contributed by atoms with van der Waals surface area (Å²) in [7, 11) is 0. The van der Waals surface area contributed by atoms with Crippen LogP contribution in [0.4, 0.5) is 0 Å². The topological polar surface area (TPSA) is 58.6 Å². The number of nitrogens with one attached hydrogen (secondary N) is 1. The fraction of sp³-hybridized carbons (Fsp3) is 0.562. The zero-order chi connectivity index (χ0) is 15.3. The summed E-state index contributed by atoms with van der Waals surface area (Å²) in [5, 5.41) is 11.8. The summed E-state index contributed by atoms with van der Waals surface area (Å²) in [5.74, 6) is 0.861. The predicted octanol–water partition coefficient (Wildman–Crippen LogP) is 2.38. The van der Waals surface area contributed by atoms with E-state index in [2.05, 4.69) is 19.2 Å². The molecule has 1 rings (SSSR count). The van der Waals surface area contributed by atoms with Gasteiger partial charge in [0.05, 0.1) is 6.10 Å². The summed E-state index contributed by atoms with van der Waals surface area (Å²) in [4.78, 5) is 11.9. The second-order valence-corrected chi connectivity index (χ2v) is 5.55. The van der Waals surface area contributed by atoms with Crippen LogP contribution in [0, 0.1) is 6.92 Å². The molecule has 2 unspecified atom stereocenters. The second-order valence-electron chi connectivity index (χ2n) is 5.55. The summed E-state index contributed by atoms with van der Waals surface area (Å²) in [5.41, 5.74) is 2.19. The van der Waals surface area contributed by atoms with Crippen molar-refractivity contribution < 1.29 is 14.6 Å². The lowest BCUT2D eigenvalue weighted by molar-refractivity contribution is -0.127. The van der Waals surface area contributed by atoms with Gasteiger partial charge in [0.25, 0.3) is 5.91 Å². The first-order valence-corrected chi connectivity index (χ1v) is 7.04. The highest BCUT2D eigenvalue weighted by Gasteiger charge is 2.17. The van der Waals surface area contributed by atoms with Gasteiger partial charge in [-0.25, -0.2) is 0 Å². The van der Waals surface area contributed by atoms with Crippen LogP contribution < -0.4 is 10.1 Å². The van der Waals surface area contributed by atoms with Crippen molar-refractivity contribution in [3.8, 4) is 5.75 Å². The maximum Gasteiger partial charge on any atom is 0.260 e. The predicted molar refractivity (Wildman–Crippen MR) is 80.0 cm³/mol. The summed E-state index contributed by atoms with van der Waals surface area (Å²) < 4.78 is 5.79. The highest BCUT2D eigenvalue weighted by atomic mass is 16.5. The lowest BCUT2D eigenvalue weighted by Crippen LogP contribution is -2.39. The standard InChI is InChI=1S/C16H25NO3/c1-10(2)14-7-6-11(3)8-15(14)20-13(5)16(19)17-9-12(4)18/h6-8,10,12-13,18H,9H2,1-5H3,(H,17,19). The highest BCUT2D eigenvalue weighted by Crippen LogP contribution is 2.28. The zero-order valence-corrected chi connectivity index (χ0v) is 12.9. The Bertz CT molecular complexity index is 455. The van der Waals surface area contributed by atoms with Crippen LogP contribution in [0.15, 0.2) is 18.2 Å². The number of aryl methyl sites for hydroxylation is 1. The van der Waals surface area contributed by atoms with E-state index in [0.29, 0.717) is 5.92 Å². The molecule has 112 valence electrons. The van der Waals surface area contributed by atoms with E-state index in [1.165, 1.54) is 0 Å². The number of benzene rings is 1. The molecule has 1 aromatic rings. The van der Waals surface area contributed by atoms with E-state index in [9.17, 15) is 9.90 Å². The SMILES string of the molecule is Cc1ccc(C(C)C)c(OC(C)C(=O)NCC(C)O)c1. The van der Waals surface area contributed by atoms with E-state index in [-0.39, 0.29) is 12.5 Å². The van der Waals surface area contributed by atoms with Gasteiger partial charge in [-0.15, -0.1) is 0 Å². The molecule has 0 heterocycles. The van der Waals surface area contributed by atoms with Crippen molar-refractivity contribution >= 4 is 5.91 Å². The van der Waals surface area contributed by atoms with Gasteiger partial charge >= 0.3 is 0 Å². The Kier molecular flexibility index (Phi) is 6.02. The molecule has 0 radical (unpaired) electrons. The molecule has 0 spiro atoms. The van der Waals surface area contributed by atoms with Gasteiger partial charge in [0, 0.05) is 6.54 Å². The van der Waals surface area contributed by atoms with Gasteiger partial charge in [0.1, 0.15) is 5.75 Å². The van der Waals surface area contributed by atoms with Gasteiger partial charge in [0.2, 0.25) is 0 Å². The molecule has 0 fully saturated rings. The Balaban J connectivity index is 2.76. The highest BCUT2D eigenvalue weighted by molar-refractivity contribution is 5.80. The molecule has 1 aromatic carbocycles. The van der Waals surface area contributed by atoms with E-state index in [4.69, 9.17) is 4.74 Å². The van der Waals surface area contributed by atoms with Crippen LogP contribution in [-0.4, -0.2) is 29.8 Å². The molecular formula is C16H25NO3. The Morgan fingerprint density at radius 2 is 1.95 bits per heavy atom. The fourth-order valence-corrected chi connectivity index (χ4v) is 1.86. The Morgan fingerprint density at radius 1 is 1.30 bits per heavy atom.